The van der Waals surface area contributed by atoms with E-state index in [1.54, 1.807) is 12.4 Å². The molecule has 0 radical (unpaired) electrons. The smallest absolute Gasteiger partial charge is 0.332 e. The Labute approximate surface area is 141 Å². The van der Waals surface area contributed by atoms with E-state index >= 15 is 0 Å². The molecular weight excluding hydrogens is 308 g/mol. The first-order chi connectivity index (χ1) is 11.4. The van der Waals surface area contributed by atoms with Gasteiger partial charge in [-0.05, 0) is 36.0 Å². The molecule has 24 heavy (non-hydrogen) atoms. The molecule has 0 atom stereocenters. The Bertz CT molecular complexity index is 615. The van der Waals surface area contributed by atoms with E-state index in [4.69, 9.17) is 11.5 Å². The Morgan fingerprint density at radius 1 is 0.917 bits per heavy atom. The predicted molar refractivity (Wildman–Crippen MR) is 95.2 cm³/mol. The van der Waals surface area contributed by atoms with Gasteiger partial charge in [-0.15, -0.1) is 0 Å². The molecule has 1 aromatic rings. The predicted octanol–water partition coefficient (Wildman–Crippen LogP) is 1.38. The molecule has 0 aliphatic heterocycles. The van der Waals surface area contributed by atoms with Gasteiger partial charge in [0.25, 0.3) is 0 Å². The molecule has 0 bridgehead atoms. The minimum atomic E-state index is -0.722. The van der Waals surface area contributed by atoms with Crippen molar-refractivity contribution in [3.8, 4) is 0 Å². The van der Waals surface area contributed by atoms with Gasteiger partial charge in [-0.3, -0.25) is 0 Å². The fraction of sp³-hybridized carbons (Fsp3) is 0.375. The third-order valence-electron chi connectivity index (χ3n) is 3.54. The lowest BCUT2D eigenvalue weighted by Crippen LogP contribution is -2.25. The summed E-state index contributed by atoms with van der Waals surface area (Å²) < 4.78 is 0. The number of hydrazone groups is 2. The Balaban J connectivity index is 3.44. The molecule has 130 valence electrons. The fourth-order valence-corrected chi connectivity index (χ4v) is 2.51. The molecule has 0 fully saturated rings. The molecule has 6 N–H and O–H groups in total. The van der Waals surface area contributed by atoms with E-state index in [1.165, 1.54) is 0 Å². The van der Waals surface area contributed by atoms with Crippen LogP contribution in [0.2, 0.25) is 0 Å². The zero-order chi connectivity index (χ0) is 18.1. The van der Waals surface area contributed by atoms with Crippen molar-refractivity contribution >= 4 is 24.5 Å². The van der Waals surface area contributed by atoms with Crippen molar-refractivity contribution in [2.75, 3.05) is 0 Å². The molecule has 0 aromatic heterocycles. The second-order valence-corrected chi connectivity index (χ2v) is 5.03. The van der Waals surface area contributed by atoms with Gasteiger partial charge >= 0.3 is 12.1 Å². The highest BCUT2D eigenvalue weighted by atomic mass is 16.2. The number of nitrogens with one attached hydrogen (secondary N) is 2. The summed E-state index contributed by atoms with van der Waals surface area (Å²) in [5.41, 5.74) is 19.5. The van der Waals surface area contributed by atoms with E-state index < -0.39 is 12.1 Å². The second kappa shape index (κ2) is 9.29. The van der Waals surface area contributed by atoms with Crippen LogP contribution in [-0.4, -0.2) is 24.5 Å². The van der Waals surface area contributed by atoms with E-state index in [0.717, 1.165) is 47.1 Å². The molecule has 0 heterocycles. The largest absolute Gasteiger partial charge is 0.350 e. The van der Waals surface area contributed by atoms with E-state index in [1.807, 2.05) is 6.92 Å². The van der Waals surface area contributed by atoms with E-state index in [9.17, 15) is 9.59 Å². The first-order valence-corrected chi connectivity index (χ1v) is 7.79. The first-order valence-electron chi connectivity index (χ1n) is 7.79. The minimum absolute atomic E-state index is 0.722. The first kappa shape index (κ1) is 19.1. The number of rotatable bonds is 7. The van der Waals surface area contributed by atoms with E-state index in [-0.39, 0.29) is 0 Å². The normalized spacial score (nSPS) is 11.1. The maximum atomic E-state index is 10.8. The molecule has 1 aromatic carbocycles. The fourth-order valence-electron chi connectivity index (χ4n) is 2.51. The van der Waals surface area contributed by atoms with Gasteiger partial charge in [-0.25, -0.2) is 20.4 Å². The van der Waals surface area contributed by atoms with Crippen molar-refractivity contribution in [3.05, 3.63) is 33.9 Å². The Morgan fingerprint density at radius 2 is 1.33 bits per heavy atom. The van der Waals surface area contributed by atoms with E-state index in [0.29, 0.717) is 0 Å². The molecule has 0 unspecified atom stereocenters. The number of urea groups is 2. The van der Waals surface area contributed by atoms with Crippen molar-refractivity contribution in [3.63, 3.8) is 0 Å². The lowest BCUT2D eigenvalue weighted by atomic mass is 9.89. The Kier molecular flexibility index (Phi) is 7.41. The van der Waals surface area contributed by atoms with Gasteiger partial charge in [0, 0.05) is 11.1 Å². The zero-order valence-electron chi connectivity index (χ0n) is 14.2. The number of amides is 4. The lowest BCUT2D eigenvalue weighted by Gasteiger charge is -2.16. The zero-order valence-corrected chi connectivity index (χ0v) is 14.2. The van der Waals surface area contributed by atoms with Gasteiger partial charge in [0.1, 0.15) is 0 Å². The summed E-state index contributed by atoms with van der Waals surface area (Å²) >= 11 is 0. The van der Waals surface area contributed by atoms with Crippen molar-refractivity contribution in [2.45, 2.75) is 40.0 Å². The molecule has 0 aliphatic carbocycles. The second-order valence-electron chi connectivity index (χ2n) is 5.03. The lowest BCUT2D eigenvalue weighted by molar-refractivity contribution is 0.248. The monoisotopic (exact) mass is 332 g/mol. The number of benzene rings is 1. The number of nitrogens with two attached hydrogens (primary N) is 2. The average Bonchev–Trinajstić information content (AvgIpc) is 2.54. The van der Waals surface area contributed by atoms with Crippen molar-refractivity contribution in [1.82, 2.24) is 10.9 Å². The van der Waals surface area contributed by atoms with Crippen LogP contribution in [0, 0.1) is 0 Å². The maximum absolute atomic E-state index is 10.8. The van der Waals surface area contributed by atoms with Crippen LogP contribution in [0.1, 0.15) is 48.6 Å². The molecule has 8 heteroatoms. The molecular formula is C16H24N6O2. The van der Waals surface area contributed by atoms with Crippen LogP contribution in [0.15, 0.2) is 16.3 Å². The van der Waals surface area contributed by atoms with Crippen LogP contribution in [0.25, 0.3) is 0 Å². The maximum Gasteiger partial charge on any atom is 0.332 e. The Morgan fingerprint density at radius 3 is 1.62 bits per heavy atom. The van der Waals surface area contributed by atoms with Crippen LogP contribution < -0.4 is 22.3 Å². The van der Waals surface area contributed by atoms with Crippen LogP contribution in [0.3, 0.4) is 0 Å². The standard InChI is InChI=1S/C16H24N6O2/c1-4-10-7-11(5-2)14(9-20-22-16(18)24)12(6-3)13(10)8-19-21-15(17)23/h7-9H,4-6H2,1-3H3,(H3,17,21,23)(H3,18,22,24)/b19-8-,20-9-. The molecule has 4 amide bonds. The highest BCUT2D eigenvalue weighted by Gasteiger charge is 2.13. The number of aryl methyl sites for hydroxylation is 2. The Hall–Kier alpha value is -2.90. The molecule has 0 aliphatic rings. The van der Waals surface area contributed by atoms with Gasteiger partial charge in [-0.1, -0.05) is 26.8 Å². The van der Waals surface area contributed by atoms with Gasteiger partial charge in [0.2, 0.25) is 0 Å². The van der Waals surface area contributed by atoms with Crippen molar-refractivity contribution < 1.29 is 9.59 Å². The summed E-state index contributed by atoms with van der Waals surface area (Å²) in [4.78, 5) is 21.6. The highest BCUT2D eigenvalue weighted by Crippen LogP contribution is 2.23. The summed E-state index contributed by atoms with van der Waals surface area (Å²) in [5.74, 6) is 0. The van der Waals surface area contributed by atoms with Gasteiger partial charge < -0.3 is 11.5 Å². The summed E-state index contributed by atoms with van der Waals surface area (Å²) in [6, 6.07) is 0.635. The third-order valence-corrected chi connectivity index (χ3v) is 3.54. The highest BCUT2D eigenvalue weighted by molar-refractivity contribution is 5.93. The minimum Gasteiger partial charge on any atom is -0.350 e. The van der Waals surface area contributed by atoms with Crippen LogP contribution in [0.5, 0.6) is 0 Å². The molecule has 1 rings (SSSR count). The quantitative estimate of drug-likeness (QED) is 0.443. The van der Waals surface area contributed by atoms with Crippen LogP contribution in [0.4, 0.5) is 9.59 Å². The van der Waals surface area contributed by atoms with Crippen molar-refractivity contribution in [1.29, 1.82) is 0 Å². The van der Waals surface area contributed by atoms with Gasteiger partial charge in [0.15, 0.2) is 0 Å². The molecule has 8 nitrogen and oxygen atoms in total. The number of primary amides is 2. The van der Waals surface area contributed by atoms with Crippen molar-refractivity contribution in [2.24, 2.45) is 21.7 Å². The van der Waals surface area contributed by atoms with E-state index in [2.05, 4.69) is 41.0 Å². The van der Waals surface area contributed by atoms with Crippen LogP contribution >= 0.6 is 0 Å². The van der Waals surface area contributed by atoms with Crippen LogP contribution in [-0.2, 0) is 19.3 Å². The summed E-state index contributed by atoms with van der Waals surface area (Å²) in [6.07, 6.45) is 5.53. The third kappa shape index (κ3) is 5.08. The summed E-state index contributed by atoms with van der Waals surface area (Å²) in [6.45, 7) is 6.12. The number of carbonyl (C=O) groups excluding carboxylic acids is 2. The summed E-state index contributed by atoms with van der Waals surface area (Å²) in [7, 11) is 0. The number of nitrogens with zero attached hydrogens (tertiary/aromatic N) is 2. The SMILES string of the molecule is CCc1cc(CC)c(/C=N\NC(N)=O)c(CC)c1/C=N\NC(N)=O. The number of carbonyl (C=O) groups is 2. The molecule has 0 saturated heterocycles. The number of hydrogen-bond acceptors (Lipinski definition) is 4. The topological polar surface area (TPSA) is 135 Å². The summed E-state index contributed by atoms with van der Waals surface area (Å²) in [5, 5.41) is 7.76. The molecule has 0 spiro atoms. The van der Waals surface area contributed by atoms with Gasteiger partial charge in [0.05, 0.1) is 12.4 Å². The average molecular weight is 332 g/mol. The number of hydrogen-bond donors (Lipinski definition) is 4. The molecule has 0 saturated carbocycles. The van der Waals surface area contributed by atoms with Gasteiger partial charge in [-0.2, -0.15) is 10.2 Å².